The molecule has 0 spiro atoms. The van der Waals surface area contributed by atoms with Gasteiger partial charge in [-0.25, -0.2) is 22.9 Å². The molecular weight excluding hydrogens is 640 g/mol. The summed E-state index contributed by atoms with van der Waals surface area (Å²) >= 11 is 7.42. The van der Waals surface area contributed by atoms with Crippen LogP contribution >= 0.6 is 22.9 Å². The Labute approximate surface area is 269 Å². The first-order chi connectivity index (χ1) is 21.4. The number of halogens is 1. The van der Waals surface area contributed by atoms with Gasteiger partial charge in [0.05, 0.1) is 16.6 Å². The molecule has 2 heterocycles. The van der Waals surface area contributed by atoms with Crippen LogP contribution in [0, 0.1) is 0 Å². The highest BCUT2D eigenvalue weighted by Gasteiger charge is 2.30. The van der Waals surface area contributed by atoms with E-state index in [2.05, 4.69) is 15.3 Å². The number of amides is 2. The molecule has 2 aromatic carbocycles. The number of pyridine rings is 1. The van der Waals surface area contributed by atoms with E-state index < -0.39 is 40.0 Å². The Kier molecular flexibility index (Phi) is 11.0. The molecule has 2 amide bonds. The molecule has 14 heteroatoms. The minimum absolute atomic E-state index is 0.00948. The highest BCUT2D eigenvalue weighted by molar-refractivity contribution is 7.90. The number of benzene rings is 2. The van der Waals surface area contributed by atoms with Gasteiger partial charge in [-0.05, 0) is 36.6 Å². The summed E-state index contributed by atoms with van der Waals surface area (Å²) in [6, 6.07) is 15.3. The number of aromatic nitrogens is 2. The van der Waals surface area contributed by atoms with Crippen molar-refractivity contribution in [3.8, 4) is 11.1 Å². The number of aliphatic hydroxyl groups excluding tert-OH is 1. The van der Waals surface area contributed by atoms with Crippen LogP contribution in [-0.2, 0) is 38.9 Å². The van der Waals surface area contributed by atoms with Gasteiger partial charge in [-0.2, -0.15) is 0 Å². The number of sulfonamides is 1. The number of aryl methyl sites for hydroxylation is 1. The number of hydrogen-bond acceptors (Lipinski definition) is 9. The standard InChI is InChI=1S/C31H31ClN4O7S2/c1-3-8-26-24(16-21-14-13-20(17-33-21)22-10-5-7-12-27(22)45(42,43)36-18(2)37)35-30(44-26)29(39)34-25(28(38)31(40)41)15-19-9-4-6-11-23(19)32/h4-7,9-14,17,25,28,38H,3,8,15-16H2,1-2H3,(H,34,39)(H,36,37)(H,40,41). The fourth-order valence-corrected chi connectivity index (χ4v) is 7.15. The lowest BCUT2D eigenvalue weighted by molar-refractivity contribution is -0.148. The quantitative estimate of drug-likeness (QED) is 0.164. The minimum atomic E-state index is -4.08. The average molecular weight is 671 g/mol. The molecule has 0 bridgehead atoms. The third-order valence-electron chi connectivity index (χ3n) is 6.74. The molecule has 0 saturated carbocycles. The van der Waals surface area contributed by atoms with Crippen molar-refractivity contribution < 1.29 is 33.0 Å². The summed E-state index contributed by atoms with van der Waals surface area (Å²) < 4.78 is 27.4. The Bertz CT molecular complexity index is 1810. The van der Waals surface area contributed by atoms with E-state index in [1.165, 1.54) is 23.6 Å². The van der Waals surface area contributed by atoms with Crippen LogP contribution in [-0.4, -0.2) is 58.5 Å². The summed E-state index contributed by atoms with van der Waals surface area (Å²) in [5.74, 6) is -2.81. The third-order valence-corrected chi connectivity index (χ3v) is 9.75. The molecule has 236 valence electrons. The maximum atomic E-state index is 13.3. The van der Waals surface area contributed by atoms with Gasteiger partial charge in [-0.3, -0.25) is 14.6 Å². The Hall–Kier alpha value is -4.17. The highest BCUT2D eigenvalue weighted by atomic mass is 35.5. The van der Waals surface area contributed by atoms with E-state index >= 15 is 0 Å². The lowest BCUT2D eigenvalue weighted by Gasteiger charge is -2.21. The predicted molar refractivity (Wildman–Crippen MR) is 170 cm³/mol. The zero-order valence-electron chi connectivity index (χ0n) is 24.4. The van der Waals surface area contributed by atoms with Gasteiger partial charge in [0.1, 0.15) is 0 Å². The number of carbonyl (C=O) groups is 3. The molecule has 0 radical (unpaired) electrons. The molecule has 2 atom stereocenters. The van der Waals surface area contributed by atoms with Crippen molar-refractivity contribution in [1.82, 2.24) is 20.0 Å². The maximum absolute atomic E-state index is 13.3. The fourth-order valence-electron chi connectivity index (χ4n) is 4.63. The molecular formula is C31H31ClN4O7S2. The molecule has 4 N–H and O–H groups in total. The van der Waals surface area contributed by atoms with Gasteiger partial charge in [0, 0.05) is 46.3 Å². The molecule has 4 rings (SSSR count). The second-order valence-electron chi connectivity index (χ2n) is 10.2. The Morgan fingerprint density at radius 3 is 2.40 bits per heavy atom. The second-order valence-corrected chi connectivity index (χ2v) is 13.3. The number of nitrogens with one attached hydrogen (secondary N) is 2. The number of rotatable bonds is 13. The van der Waals surface area contributed by atoms with Crippen molar-refractivity contribution in [3.05, 3.63) is 98.7 Å². The molecule has 0 aliphatic rings. The van der Waals surface area contributed by atoms with E-state index in [-0.39, 0.29) is 22.7 Å². The highest BCUT2D eigenvalue weighted by Crippen LogP contribution is 2.28. The smallest absolute Gasteiger partial charge is 0.334 e. The van der Waals surface area contributed by atoms with Gasteiger partial charge in [-0.15, -0.1) is 11.3 Å². The number of thiazole rings is 1. The van der Waals surface area contributed by atoms with E-state index in [1.54, 1.807) is 54.6 Å². The summed E-state index contributed by atoms with van der Waals surface area (Å²) in [4.78, 5) is 46.2. The van der Waals surface area contributed by atoms with Crippen LogP contribution in [0.15, 0.2) is 71.8 Å². The largest absolute Gasteiger partial charge is 0.479 e. The van der Waals surface area contributed by atoms with Crippen LogP contribution in [0.2, 0.25) is 5.02 Å². The van der Waals surface area contributed by atoms with Crippen molar-refractivity contribution >= 4 is 50.7 Å². The summed E-state index contributed by atoms with van der Waals surface area (Å²) in [6.45, 7) is 3.11. The first kappa shape index (κ1) is 33.7. The molecule has 0 aliphatic heterocycles. The molecule has 45 heavy (non-hydrogen) atoms. The zero-order chi connectivity index (χ0) is 32.7. The van der Waals surface area contributed by atoms with E-state index in [0.717, 1.165) is 18.2 Å². The molecule has 11 nitrogen and oxygen atoms in total. The van der Waals surface area contributed by atoms with Crippen molar-refractivity contribution in [2.45, 2.75) is 56.6 Å². The first-order valence-corrected chi connectivity index (χ1v) is 16.6. The monoisotopic (exact) mass is 670 g/mol. The molecule has 2 unspecified atom stereocenters. The molecule has 2 aromatic heterocycles. The first-order valence-electron chi connectivity index (χ1n) is 13.9. The van der Waals surface area contributed by atoms with Crippen molar-refractivity contribution in [2.24, 2.45) is 0 Å². The SMILES string of the molecule is CCCc1sc(C(=O)NC(Cc2ccccc2Cl)C(O)C(=O)O)nc1Cc1ccc(-c2ccccc2S(=O)(=O)NC(C)=O)cn1. The normalized spacial score (nSPS) is 12.7. The number of aliphatic carboxylic acids is 1. The molecule has 0 aliphatic carbocycles. The summed E-state index contributed by atoms with van der Waals surface area (Å²) in [6.07, 6.45) is 1.36. The minimum Gasteiger partial charge on any atom is -0.479 e. The maximum Gasteiger partial charge on any atom is 0.334 e. The Morgan fingerprint density at radius 1 is 1.04 bits per heavy atom. The number of carbonyl (C=O) groups excluding carboxylic acids is 2. The van der Waals surface area contributed by atoms with Crippen molar-refractivity contribution in [2.75, 3.05) is 0 Å². The van der Waals surface area contributed by atoms with Crippen LogP contribution in [0.5, 0.6) is 0 Å². The van der Waals surface area contributed by atoms with E-state index in [4.69, 9.17) is 11.6 Å². The number of aliphatic hydroxyl groups is 1. The fraction of sp³-hybridized carbons (Fsp3) is 0.258. The zero-order valence-corrected chi connectivity index (χ0v) is 26.7. The van der Waals surface area contributed by atoms with Gasteiger partial charge >= 0.3 is 5.97 Å². The van der Waals surface area contributed by atoms with Crippen LogP contribution in [0.3, 0.4) is 0 Å². The lowest BCUT2D eigenvalue weighted by atomic mass is 10.0. The summed E-state index contributed by atoms with van der Waals surface area (Å²) in [7, 11) is -4.08. The number of nitrogens with zero attached hydrogens (tertiary/aromatic N) is 2. The van der Waals surface area contributed by atoms with Crippen LogP contribution in [0.25, 0.3) is 11.1 Å². The van der Waals surface area contributed by atoms with E-state index in [1.807, 2.05) is 11.6 Å². The van der Waals surface area contributed by atoms with Crippen LogP contribution in [0.1, 0.15) is 51.9 Å². The average Bonchev–Trinajstić information content (AvgIpc) is 3.39. The Balaban J connectivity index is 1.56. The third kappa shape index (κ3) is 8.51. The van der Waals surface area contributed by atoms with Crippen LogP contribution < -0.4 is 10.0 Å². The van der Waals surface area contributed by atoms with Crippen molar-refractivity contribution in [3.63, 3.8) is 0 Å². The second kappa shape index (κ2) is 14.7. The van der Waals surface area contributed by atoms with Crippen molar-refractivity contribution in [1.29, 1.82) is 0 Å². The van der Waals surface area contributed by atoms with Gasteiger partial charge in [0.15, 0.2) is 11.1 Å². The van der Waals surface area contributed by atoms with Crippen LogP contribution in [0.4, 0.5) is 0 Å². The molecule has 0 fully saturated rings. The predicted octanol–water partition coefficient (Wildman–Crippen LogP) is 4.01. The van der Waals surface area contributed by atoms with Gasteiger partial charge in [0.2, 0.25) is 5.91 Å². The summed E-state index contributed by atoms with van der Waals surface area (Å²) in [5, 5.41) is 22.9. The number of carboxylic acid groups (broad SMARTS) is 1. The summed E-state index contributed by atoms with van der Waals surface area (Å²) in [5.41, 5.74) is 2.72. The lowest BCUT2D eigenvalue weighted by Crippen LogP contribution is -2.48. The molecule has 0 saturated heterocycles. The van der Waals surface area contributed by atoms with E-state index in [0.29, 0.717) is 39.5 Å². The topological polar surface area (TPSA) is 176 Å². The Morgan fingerprint density at radius 2 is 1.76 bits per heavy atom. The number of hydrogen-bond donors (Lipinski definition) is 4. The van der Waals surface area contributed by atoms with Gasteiger partial charge < -0.3 is 15.5 Å². The van der Waals surface area contributed by atoms with E-state index in [9.17, 15) is 33.0 Å². The number of carboxylic acids is 1. The molecule has 4 aromatic rings. The van der Waals surface area contributed by atoms with Gasteiger partial charge in [-0.1, -0.05) is 67.4 Å². The van der Waals surface area contributed by atoms with Gasteiger partial charge in [0.25, 0.3) is 15.9 Å².